The number of hydrogen-bond donors (Lipinski definition) is 0. The molecule has 0 saturated heterocycles. The predicted molar refractivity (Wildman–Crippen MR) is 76.7 cm³/mol. The lowest BCUT2D eigenvalue weighted by Crippen LogP contribution is -2.25. The van der Waals surface area contributed by atoms with E-state index >= 15 is 0 Å². The molecule has 0 heterocycles. The third-order valence-corrected chi connectivity index (χ3v) is 5.82. The molecule has 0 amide bonds. The summed E-state index contributed by atoms with van der Waals surface area (Å²) in [6.07, 6.45) is 2.94. The first kappa shape index (κ1) is 13.8. The molecule has 19 heavy (non-hydrogen) atoms. The van der Waals surface area contributed by atoms with E-state index in [-0.39, 0.29) is 11.0 Å². The minimum absolute atomic E-state index is 0.0251. The molecule has 0 N–H and O–H groups in total. The predicted octanol–water partition coefficient (Wildman–Crippen LogP) is 3.65. The van der Waals surface area contributed by atoms with E-state index in [1.54, 1.807) is 24.3 Å². The normalized spacial score (nSPS) is 17.1. The molecule has 1 saturated carbocycles. The smallest absolute Gasteiger partial charge is 0.191 e. The van der Waals surface area contributed by atoms with Gasteiger partial charge in [0.2, 0.25) is 0 Å². The molecule has 3 nitrogen and oxygen atoms in total. The Morgan fingerprint density at radius 2 is 1.89 bits per heavy atom. The fourth-order valence-electron chi connectivity index (χ4n) is 2.44. The number of allylic oxidation sites excluding steroid dienone is 1. The van der Waals surface area contributed by atoms with Crippen LogP contribution in [0.15, 0.2) is 36.4 Å². The van der Waals surface area contributed by atoms with Crippen LogP contribution in [-0.2, 0) is 15.6 Å². The second-order valence-electron chi connectivity index (χ2n) is 5.00. The summed E-state index contributed by atoms with van der Waals surface area (Å²) in [4.78, 5) is 3.38. The molecule has 4 heteroatoms. The monoisotopic (exact) mass is 275 g/mol. The Labute approximate surface area is 114 Å². The van der Waals surface area contributed by atoms with Gasteiger partial charge >= 0.3 is 0 Å². The Kier molecular flexibility index (Phi) is 4.06. The van der Waals surface area contributed by atoms with E-state index in [4.69, 9.17) is 6.57 Å². The summed E-state index contributed by atoms with van der Waals surface area (Å²) < 4.78 is 24.8. The lowest BCUT2D eigenvalue weighted by molar-refractivity contribution is 0.537. The SMILES string of the molecule is [C-]#[N+]c1ccccc1CS(=O)(=O)C1CCC(=C)CC1. The van der Waals surface area contributed by atoms with E-state index in [2.05, 4.69) is 11.4 Å². The van der Waals surface area contributed by atoms with Crippen molar-refractivity contribution >= 4 is 15.5 Å². The molecule has 0 spiro atoms. The molecule has 0 radical (unpaired) electrons. The fraction of sp³-hybridized carbons (Fsp3) is 0.400. The summed E-state index contributed by atoms with van der Waals surface area (Å²) in [5.41, 5.74) is 2.20. The number of benzene rings is 1. The molecule has 2 rings (SSSR count). The fourth-order valence-corrected chi connectivity index (χ4v) is 4.30. The molecule has 1 aromatic rings. The molecule has 100 valence electrons. The van der Waals surface area contributed by atoms with E-state index in [9.17, 15) is 8.42 Å². The standard InChI is InChI=1S/C15H17NO2S/c1-12-7-9-14(10-8-12)19(17,18)11-13-5-3-4-6-15(13)16-2/h3-6,14H,1,7-11H2. The van der Waals surface area contributed by atoms with Crippen LogP contribution in [0.4, 0.5) is 5.69 Å². The number of rotatable bonds is 3. The third-order valence-electron chi connectivity index (χ3n) is 3.62. The Morgan fingerprint density at radius 3 is 2.53 bits per heavy atom. The zero-order chi connectivity index (χ0) is 13.9. The van der Waals surface area contributed by atoms with Crippen molar-refractivity contribution in [3.05, 3.63) is 53.4 Å². The average molecular weight is 275 g/mol. The van der Waals surface area contributed by atoms with Crippen LogP contribution in [0.5, 0.6) is 0 Å². The van der Waals surface area contributed by atoms with Gasteiger partial charge in [-0.3, -0.25) is 0 Å². The van der Waals surface area contributed by atoms with Crippen LogP contribution in [0, 0.1) is 6.57 Å². The zero-order valence-electron chi connectivity index (χ0n) is 10.8. The van der Waals surface area contributed by atoms with Gasteiger partial charge < -0.3 is 0 Å². The summed E-state index contributed by atoms with van der Waals surface area (Å²) >= 11 is 0. The lowest BCUT2D eigenvalue weighted by atomic mass is 9.96. The van der Waals surface area contributed by atoms with E-state index in [1.807, 2.05) is 0 Å². The van der Waals surface area contributed by atoms with Crippen LogP contribution < -0.4 is 0 Å². The van der Waals surface area contributed by atoms with Gasteiger partial charge in [0.05, 0.1) is 17.6 Å². The van der Waals surface area contributed by atoms with Crippen molar-refractivity contribution in [3.63, 3.8) is 0 Å². The quantitative estimate of drug-likeness (QED) is 0.624. The first-order valence-electron chi connectivity index (χ1n) is 6.36. The van der Waals surface area contributed by atoms with Gasteiger partial charge in [0.15, 0.2) is 15.5 Å². The molecule has 0 atom stereocenters. The maximum atomic E-state index is 12.4. The molecule has 1 aromatic carbocycles. The highest BCUT2D eigenvalue weighted by Crippen LogP contribution is 2.30. The van der Waals surface area contributed by atoms with Gasteiger partial charge in [-0.25, -0.2) is 13.3 Å². The topological polar surface area (TPSA) is 38.5 Å². The minimum Gasteiger partial charge on any atom is -0.238 e. The number of hydrogen-bond acceptors (Lipinski definition) is 2. The van der Waals surface area contributed by atoms with Crippen LogP contribution >= 0.6 is 0 Å². The Bertz CT molecular complexity index is 616. The largest absolute Gasteiger partial charge is 0.238 e. The van der Waals surface area contributed by atoms with Crippen LogP contribution in [-0.4, -0.2) is 13.7 Å². The first-order chi connectivity index (χ1) is 9.03. The molecule has 0 aliphatic heterocycles. The Hall–Kier alpha value is -1.60. The van der Waals surface area contributed by atoms with Crippen molar-refractivity contribution in [3.8, 4) is 0 Å². The van der Waals surface area contributed by atoms with E-state index < -0.39 is 9.84 Å². The average Bonchev–Trinajstić information content (AvgIpc) is 2.39. The van der Waals surface area contributed by atoms with Crippen LogP contribution in [0.3, 0.4) is 0 Å². The number of para-hydroxylation sites is 1. The highest BCUT2D eigenvalue weighted by atomic mass is 32.2. The summed E-state index contributed by atoms with van der Waals surface area (Å²) in [6.45, 7) is 11.0. The van der Waals surface area contributed by atoms with E-state index in [0.29, 0.717) is 24.1 Å². The van der Waals surface area contributed by atoms with Crippen LogP contribution in [0.2, 0.25) is 0 Å². The van der Waals surface area contributed by atoms with Gasteiger partial charge in [-0.15, -0.1) is 0 Å². The molecule has 1 aliphatic rings. The van der Waals surface area contributed by atoms with Gasteiger partial charge in [0.25, 0.3) is 0 Å². The molecule has 0 bridgehead atoms. The highest BCUT2D eigenvalue weighted by molar-refractivity contribution is 7.91. The Morgan fingerprint density at radius 1 is 1.26 bits per heavy atom. The van der Waals surface area contributed by atoms with Crippen molar-refractivity contribution in [2.45, 2.75) is 36.7 Å². The van der Waals surface area contributed by atoms with Crippen molar-refractivity contribution in [1.82, 2.24) is 0 Å². The second-order valence-corrected chi connectivity index (χ2v) is 7.28. The third kappa shape index (κ3) is 3.24. The molecule has 1 aliphatic carbocycles. The molecular weight excluding hydrogens is 258 g/mol. The maximum absolute atomic E-state index is 12.4. The van der Waals surface area contributed by atoms with Crippen LogP contribution in [0.25, 0.3) is 4.85 Å². The summed E-state index contributed by atoms with van der Waals surface area (Å²) in [7, 11) is -3.18. The van der Waals surface area contributed by atoms with Crippen molar-refractivity contribution in [1.29, 1.82) is 0 Å². The zero-order valence-corrected chi connectivity index (χ0v) is 11.6. The molecular formula is C15H17NO2S. The van der Waals surface area contributed by atoms with Crippen LogP contribution in [0.1, 0.15) is 31.2 Å². The maximum Gasteiger partial charge on any atom is 0.191 e. The molecule has 1 fully saturated rings. The second kappa shape index (κ2) is 5.58. The summed E-state index contributed by atoms with van der Waals surface area (Å²) in [6, 6.07) is 6.93. The summed E-state index contributed by atoms with van der Waals surface area (Å²) in [5, 5.41) is -0.281. The van der Waals surface area contributed by atoms with Crippen molar-refractivity contribution < 1.29 is 8.42 Å². The summed E-state index contributed by atoms with van der Waals surface area (Å²) in [5.74, 6) is -0.0251. The van der Waals surface area contributed by atoms with E-state index in [0.717, 1.165) is 18.4 Å². The van der Waals surface area contributed by atoms with Crippen molar-refractivity contribution in [2.75, 3.05) is 0 Å². The number of nitrogens with zero attached hydrogens (tertiary/aromatic N) is 1. The molecule has 0 unspecified atom stereocenters. The Balaban J connectivity index is 2.18. The van der Waals surface area contributed by atoms with Gasteiger partial charge in [-0.1, -0.05) is 36.4 Å². The first-order valence-corrected chi connectivity index (χ1v) is 8.08. The van der Waals surface area contributed by atoms with Gasteiger partial charge in [0.1, 0.15) is 0 Å². The van der Waals surface area contributed by atoms with E-state index in [1.165, 1.54) is 0 Å². The van der Waals surface area contributed by atoms with Crippen molar-refractivity contribution in [2.24, 2.45) is 0 Å². The van der Waals surface area contributed by atoms with Gasteiger partial charge in [-0.05, 0) is 31.2 Å². The minimum atomic E-state index is -3.18. The lowest BCUT2D eigenvalue weighted by Gasteiger charge is -2.23. The number of sulfone groups is 1. The highest BCUT2D eigenvalue weighted by Gasteiger charge is 2.28. The van der Waals surface area contributed by atoms with Gasteiger partial charge in [0, 0.05) is 0 Å². The van der Waals surface area contributed by atoms with Gasteiger partial charge in [-0.2, -0.15) is 0 Å². The molecule has 0 aromatic heterocycles.